The van der Waals surface area contributed by atoms with E-state index in [0.29, 0.717) is 0 Å². The van der Waals surface area contributed by atoms with E-state index in [-0.39, 0.29) is 11.3 Å². The Morgan fingerprint density at radius 3 is 2.38 bits per heavy atom. The lowest BCUT2D eigenvalue weighted by Crippen LogP contribution is -2.24. The van der Waals surface area contributed by atoms with E-state index >= 15 is 0 Å². The first kappa shape index (κ1) is 12.0. The van der Waals surface area contributed by atoms with Crippen LogP contribution < -0.4 is 5.73 Å². The minimum atomic E-state index is -4.86. The standard InChI is InChI=1S/C9H7F3N2O2/c10-9(11,12)7(14)5-3-4(8(15)16)1-2-6(5)13/h1-3,14H,13H2,(H,15,16). The van der Waals surface area contributed by atoms with Crippen LogP contribution in [0.4, 0.5) is 18.9 Å². The predicted octanol–water partition coefficient (Wildman–Crippen LogP) is 1.90. The van der Waals surface area contributed by atoms with Crippen molar-refractivity contribution in [1.29, 1.82) is 5.41 Å². The van der Waals surface area contributed by atoms with Gasteiger partial charge >= 0.3 is 12.1 Å². The number of carboxylic acids is 1. The number of halogens is 3. The Hall–Kier alpha value is -2.05. The number of rotatable bonds is 2. The molecule has 0 saturated heterocycles. The quantitative estimate of drug-likeness (QED) is 0.537. The van der Waals surface area contributed by atoms with Crippen LogP contribution in [-0.2, 0) is 0 Å². The van der Waals surface area contributed by atoms with Crippen LogP contribution >= 0.6 is 0 Å². The average Bonchev–Trinajstić information content (AvgIpc) is 2.15. The van der Waals surface area contributed by atoms with E-state index in [1.807, 2.05) is 0 Å². The Morgan fingerprint density at radius 2 is 1.94 bits per heavy atom. The summed E-state index contributed by atoms with van der Waals surface area (Å²) in [6, 6.07) is 2.83. The third-order valence-electron chi connectivity index (χ3n) is 1.85. The Balaban J connectivity index is 3.28. The minimum Gasteiger partial charge on any atom is -0.478 e. The van der Waals surface area contributed by atoms with Gasteiger partial charge in [0.05, 0.1) is 5.56 Å². The third-order valence-corrected chi connectivity index (χ3v) is 1.85. The average molecular weight is 232 g/mol. The predicted molar refractivity (Wildman–Crippen MR) is 50.7 cm³/mol. The number of nitrogen functional groups attached to an aromatic ring is 1. The normalized spacial score (nSPS) is 11.2. The van der Waals surface area contributed by atoms with Gasteiger partial charge in [0.25, 0.3) is 0 Å². The van der Waals surface area contributed by atoms with E-state index in [0.717, 1.165) is 18.2 Å². The molecule has 0 bridgehead atoms. The maximum absolute atomic E-state index is 12.2. The van der Waals surface area contributed by atoms with Gasteiger partial charge in [0.2, 0.25) is 0 Å². The number of anilines is 1. The van der Waals surface area contributed by atoms with Crippen molar-refractivity contribution in [3.63, 3.8) is 0 Å². The van der Waals surface area contributed by atoms with Gasteiger partial charge < -0.3 is 10.8 Å². The highest BCUT2D eigenvalue weighted by Gasteiger charge is 2.36. The minimum absolute atomic E-state index is 0.285. The number of aromatic carboxylic acids is 1. The Kier molecular flexibility index (Phi) is 2.88. The summed E-state index contributed by atoms with van der Waals surface area (Å²) in [7, 11) is 0. The molecule has 0 aliphatic rings. The molecule has 0 unspecified atom stereocenters. The van der Waals surface area contributed by atoms with Crippen LogP contribution in [0.1, 0.15) is 15.9 Å². The summed E-state index contributed by atoms with van der Waals surface area (Å²) in [4.78, 5) is 10.5. The second kappa shape index (κ2) is 3.84. The molecule has 0 heterocycles. The molecule has 1 rings (SSSR count). The monoisotopic (exact) mass is 232 g/mol. The molecule has 7 heteroatoms. The first-order valence-corrected chi connectivity index (χ1v) is 4.02. The fourth-order valence-electron chi connectivity index (χ4n) is 1.06. The summed E-state index contributed by atoms with van der Waals surface area (Å²) in [6.07, 6.45) is -4.86. The molecule has 0 amide bonds. The van der Waals surface area contributed by atoms with Crippen molar-refractivity contribution < 1.29 is 23.1 Å². The van der Waals surface area contributed by atoms with Gasteiger partial charge in [0.15, 0.2) is 0 Å². The summed E-state index contributed by atoms with van der Waals surface area (Å²) in [5, 5.41) is 15.5. The molecule has 4 nitrogen and oxygen atoms in total. The Morgan fingerprint density at radius 1 is 1.38 bits per heavy atom. The van der Waals surface area contributed by atoms with E-state index in [1.54, 1.807) is 0 Å². The van der Waals surface area contributed by atoms with Gasteiger partial charge in [-0.2, -0.15) is 13.2 Å². The number of carboxylic acid groups (broad SMARTS) is 1. The molecule has 0 radical (unpaired) electrons. The molecule has 0 saturated carbocycles. The maximum atomic E-state index is 12.2. The maximum Gasteiger partial charge on any atom is 0.433 e. The molecule has 0 spiro atoms. The van der Waals surface area contributed by atoms with Crippen LogP contribution in [0, 0.1) is 5.41 Å². The number of carbonyl (C=O) groups is 1. The summed E-state index contributed by atoms with van der Waals surface area (Å²) in [5.41, 5.74) is 2.33. The van der Waals surface area contributed by atoms with Crippen LogP contribution in [0.2, 0.25) is 0 Å². The highest BCUT2D eigenvalue weighted by molar-refractivity contribution is 6.07. The first-order chi connectivity index (χ1) is 7.23. The highest BCUT2D eigenvalue weighted by Crippen LogP contribution is 2.25. The zero-order valence-corrected chi connectivity index (χ0v) is 7.80. The van der Waals surface area contributed by atoms with Gasteiger partial charge in [-0.3, -0.25) is 5.41 Å². The highest BCUT2D eigenvalue weighted by atomic mass is 19.4. The Bertz CT molecular complexity index is 455. The van der Waals surface area contributed by atoms with Crippen molar-refractivity contribution in [2.45, 2.75) is 6.18 Å². The van der Waals surface area contributed by atoms with Crippen molar-refractivity contribution in [3.8, 4) is 0 Å². The first-order valence-electron chi connectivity index (χ1n) is 4.02. The number of nitrogens with one attached hydrogen (secondary N) is 1. The molecule has 0 aliphatic carbocycles. The molecular weight excluding hydrogens is 225 g/mol. The van der Waals surface area contributed by atoms with Crippen molar-refractivity contribution in [3.05, 3.63) is 29.3 Å². The SMILES string of the molecule is N=C(c1cc(C(=O)O)ccc1N)C(F)(F)F. The number of hydrogen-bond acceptors (Lipinski definition) is 3. The zero-order valence-electron chi connectivity index (χ0n) is 7.80. The summed E-state index contributed by atoms with van der Waals surface area (Å²) in [6.45, 7) is 0. The van der Waals surface area contributed by atoms with Gasteiger partial charge in [-0.1, -0.05) is 0 Å². The van der Waals surface area contributed by atoms with Crippen molar-refractivity contribution in [1.82, 2.24) is 0 Å². The summed E-state index contributed by atoms with van der Waals surface area (Å²) >= 11 is 0. The number of alkyl halides is 3. The summed E-state index contributed by atoms with van der Waals surface area (Å²) < 4.78 is 36.7. The zero-order chi connectivity index (χ0) is 12.5. The lowest BCUT2D eigenvalue weighted by molar-refractivity contribution is -0.0587. The number of hydrogen-bond donors (Lipinski definition) is 3. The van der Waals surface area contributed by atoms with E-state index < -0.39 is 23.4 Å². The van der Waals surface area contributed by atoms with Crippen LogP contribution in [0.3, 0.4) is 0 Å². The van der Waals surface area contributed by atoms with Crippen LogP contribution in [0.15, 0.2) is 18.2 Å². The lowest BCUT2D eigenvalue weighted by Gasteiger charge is -2.11. The van der Waals surface area contributed by atoms with Gasteiger partial charge in [-0.25, -0.2) is 4.79 Å². The van der Waals surface area contributed by atoms with Gasteiger partial charge in [0.1, 0.15) is 5.71 Å². The van der Waals surface area contributed by atoms with Gasteiger partial charge in [-0.05, 0) is 18.2 Å². The van der Waals surface area contributed by atoms with E-state index in [1.165, 1.54) is 0 Å². The second-order valence-corrected chi connectivity index (χ2v) is 2.98. The second-order valence-electron chi connectivity index (χ2n) is 2.98. The molecule has 1 aromatic rings. The van der Waals surface area contributed by atoms with Crippen molar-refractivity contribution >= 4 is 17.4 Å². The summed E-state index contributed by atoms with van der Waals surface area (Å²) in [5.74, 6) is -1.38. The molecule has 4 N–H and O–H groups in total. The molecule has 16 heavy (non-hydrogen) atoms. The molecular formula is C9H7F3N2O2. The van der Waals surface area contributed by atoms with Crippen LogP contribution in [0.5, 0.6) is 0 Å². The topological polar surface area (TPSA) is 87.2 Å². The van der Waals surface area contributed by atoms with Crippen molar-refractivity contribution in [2.75, 3.05) is 5.73 Å². The van der Waals surface area contributed by atoms with E-state index in [2.05, 4.69) is 0 Å². The van der Waals surface area contributed by atoms with Crippen molar-refractivity contribution in [2.24, 2.45) is 0 Å². The molecule has 0 atom stereocenters. The molecule has 0 aromatic heterocycles. The van der Waals surface area contributed by atoms with Crippen LogP contribution in [0.25, 0.3) is 0 Å². The fraction of sp³-hybridized carbons (Fsp3) is 0.111. The lowest BCUT2D eigenvalue weighted by atomic mass is 10.0. The Labute approximate surface area is 88.0 Å². The third kappa shape index (κ3) is 2.30. The van der Waals surface area contributed by atoms with Gasteiger partial charge in [0, 0.05) is 11.3 Å². The van der Waals surface area contributed by atoms with Gasteiger partial charge in [-0.15, -0.1) is 0 Å². The molecule has 1 aromatic carbocycles. The largest absolute Gasteiger partial charge is 0.478 e. The van der Waals surface area contributed by atoms with E-state index in [9.17, 15) is 18.0 Å². The van der Waals surface area contributed by atoms with Crippen LogP contribution in [-0.4, -0.2) is 23.0 Å². The molecule has 0 fully saturated rings. The number of nitrogens with two attached hydrogens (primary N) is 1. The number of benzene rings is 1. The molecule has 0 aliphatic heterocycles. The van der Waals surface area contributed by atoms with E-state index in [4.69, 9.17) is 16.2 Å². The molecule has 86 valence electrons. The smallest absolute Gasteiger partial charge is 0.433 e. The fourth-order valence-corrected chi connectivity index (χ4v) is 1.06.